The van der Waals surface area contributed by atoms with Crippen molar-refractivity contribution < 1.29 is 8.42 Å². The van der Waals surface area contributed by atoms with Gasteiger partial charge in [-0.25, -0.2) is 13.6 Å². The molecule has 0 atom stereocenters. The van der Waals surface area contributed by atoms with Crippen molar-refractivity contribution in [2.24, 2.45) is 5.14 Å². The number of primary sulfonamides is 1. The average molecular weight is 331 g/mol. The highest BCUT2D eigenvalue weighted by Crippen LogP contribution is 2.27. The highest BCUT2D eigenvalue weighted by Gasteiger charge is 2.21. The maximum atomic E-state index is 11.4. The second kappa shape index (κ2) is 4.79. The lowest BCUT2D eigenvalue weighted by molar-refractivity contribution is 0.571. The van der Waals surface area contributed by atoms with Crippen molar-refractivity contribution in [1.82, 2.24) is 14.8 Å². The molecule has 0 aliphatic rings. The van der Waals surface area contributed by atoms with E-state index in [4.69, 9.17) is 5.14 Å². The molecule has 0 unspecified atom stereocenters. The van der Waals surface area contributed by atoms with Crippen LogP contribution >= 0.6 is 15.9 Å². The molecule has 0 aliphatic heterocycles. The first-order valence-electron chi connectivity index (χ1n) is 5.16. The summed E-state index contributed by atoms with van der Waals surface area (Å²) in [5.41, 5.74) is 0.766. The number of hydrogen-bond donors (Lipinski definition) is 1. The quantitative estimate of drug-likeness (QED) is 0.920. The first-order valence-corrected chi connectivity index (χ1v) is 7.50. The van der Waals surface area contributed by atoms with Gasteiger partial charge < -0.3 is 0 Å². The molecule has 2 aromatic rings. The van der Waals surface area contributed by atoms with E-state index in [0.717, 1.165) is 10.0 Å². The van der Waals surface area contributed by atoms with Gasteiger partial charge in [-0.05, 0) is 13.0 Å². The molecule has 0 saturated carbocycles. The lowest BCUT2D eigenvalue weighted by atomic mass is 10.2. The molecule has 0 spiro atoms. The molecule has 1 aromatic heterocycles. The summed E-state index contributed by atoms with van der Waals surface area (Å²) >= 11 is 3.39. The van der Waals surface area contributed by atoms with Crippen LogP contribution in [0.4, 0.5) is 0 Å². The van der Waals surface area contributed by atoms with Crippen LogP contribution in [0.2, 0.25) is 0 Å². The third-order valence-electron chi connectivity index (χ3n) is 2.40. The summed E-state index contributed by atoms with van der Waals surface area (Å²) in [6.45, 7) is 2.22. The first kappa shape index (κ1) is 13.2. The van der Waals surface area contributed by atoms with Crippen LogP contribution < -0.4 is 5.14 Å². The number of aromatic nitrogens is 3. The fourth-order valence-electron chi connectivity index (χ4n) is 1.63. The topological polar surface area (TPSA) is 90.9 Å². The molecule has 8 heteroatoms. The molecule has 2 rings (SSSR count). The Balaban J connectivity index is 2.68. The number of sulfonamides is 1. The Hall–Kier alpha value is -1.25. The molecule has 0 amide bonds. The molecular weight excluding hydrogens is 320 g/mol. The van der Waals surface area contributed by atoms with Crippen LogP contribution in [0.1, 0.15) is 6.92 Å². The van der Waals surface area contributed by atoms with Crippen LogP contribution in [-0.2, 0) is 16.6 Å². The summed E-state index contributed by atoms with van der Waals surface area (Å²) < 4.78 is 25.1. The zero-order chi connectivity index (χ0) is 13.3. The maximum absolute atomic E-state index is 11.4. The first-order chi connectivity index (χ1) is 8.45. The Morgan fingerprint density at radius 3 is 2.56 bits per heavy atom. The van der Waals surface area contributed by atoms with E-state index in [1.165, 1.54) is 4.57 Å². The van der Waals surface area contributed by atoms with E-state index in [1.54, 1.807) is 6.92 Å². The molecule has 0 aliphatic carbocycles. The van der Waals surface area contributed by atoms with Gasteiger partial charge in [0.2, 0.25) is 0 Å². The second-order valence-corrected chi connectivity index (χ2v) is 5.88. The van der Waals surface area contributed by atoms with Crippen LogP contribution in [0.3, 0.4) is 0 Å². The van der Waals surface area contributed by atoms with E-state index in [2.05, 4.69) is 26.1 Å². The number of rotatable bonds is 3. The molecule has 18 heavy (non-hydrogen) atoms. The minimum Gasteiger partial charge on any atom is -0.297 e. The number of nitrogens with zero attached hydrogens (tertiary/aromatic N) is 3. The van der Waals surface area contributed by atoms with Crippen LogP contribution in [0.15, 0.2) is 33.9 Å². The van der Waals surface area contributed by atoms with Gasteiger partial charge in [0.25, 0.3) is 15.2 Å². The van der Waals surface area contributed by atoms with Crippen molar-refractivity contribution in [1.29, 1.82) is 0 Å². The SMILES string of the molecule is CCn1c(-c2ccccc2Br)nnc1S(N)(=O)=O. The number of benzene rings is 1. The molecule has 0 bridgehead atoms. The van der Waals surface area contributed by atoms with Crippen molar-refractivity contribution in [3.05, 3.63) is 28.7 Å². The maximum Gasteiger partial charge on any atom is 0.273 e. The monoisotopic (exact) mass is 330 g/mol. The van der Waals surface area contributed by atoms with E-state index < -0.39 is 10.0 Å². The number of hydrogen-bond acceptors (Lipinski definition) is 4. The van der Waals surface area contributed by atoms with Crippen LogP contribution in [0.25, 0.3) is 11.4 Å². The normalized spacial score (nSPS) is 11.7. The van der Waals surface area contributed by atoms with Gasteiger partial charge in [-0.15, -0.1) is 10.2 Å². The van der Waals surface area contributed by atoms with Crippen molar-refractivity contribution in [2.45, 2.75) is 18.6 Å². The average Bonchev–Trinajstić information content (AvgIpc) is 2.72. The Bertz CT molecular complexity index is 681. The highest BCUT2D eigenvalue weighted by atomic mass is 79.9. The third-order valence-corrected chi connectivity index (χ3v) is 3.90. The van der Waals surface area contributed by atoms with Gasteiger partial charge in [0.1, 0.15) is 0 Å². The minimum atomic E-state index is -3.87. The standard InChI is InChI=1S/C10H11BrN4O2S/c1-2-15-9(7-5-3-4-6-8(7)11)13-14-10(15)18(12,16)17/h3-6H,2H2,1H3,(H2,12,16,17). The number of nitrogens with two attached hydrogens (primary N) is 1. The van der Waals surface area contributed by atoms with Crippen LogP contribution in [-0.4, -0.2) is 23.2 Å². The molecule has 1 heterocycles. The van der Waals surface area contributed by atoms with E-state index in [0.29, 0.717) is 12.4 Å². The molecule has 6 nitrogen and oxygen atoms in total. The predicted octanol–water partition coefficient (Wildman–Crippen LogP) is 1.37. The summed E-state index contributed by atoms with van der Waals surface area (Å²) in [6.07, 6.45) is 0. The van der Waals surface area contributed by atoms with E-state index in [1.807, 2.05) is 24.3 Å². The lowest BCUT2D eigenvalue weighted by Gasteiger charge is -2.07. The Labute approximate surface area is 113 Å². The molecule has 0 saturated heterocycles. The van der Waals surface area contributed by atoms with Crippen molar-refractivity contribution in [3.63, 3.8) is 0 Å². The highest BCUT2D eigenvalue weighted by molar-refractivity contribution is 9.10. The van der Waals surface area contributed by atoms with Gasteiger partial charge in [0, 0.05) is 16.6 Å². The van der Waals surface area contributed by atoms with E-state index >= 15 is 0 Å². The smallest absolute Gasteiger partial charge is 0.273 e. The molecule has 0 fully saturated rings. The largest absolute Gasteiger partial charge is 0.297 e. The predicted molar refractivity (Wildman–Crippen MR) is 70.2 cm³/mol. The molecule has 2 N–H and O–H groups in total. The summed E-state index contributed by atoms with van der Waals surface area (Å²) in [7, 11) is -3.87. The van der Waals surface area contributed by atoms with Crippen molar-refractivity contribution in [2.75, 3.05) is 0 Å². The number of halogens is 1. The molecule has 1 aromatic carbocycles. The zero-order valence-corrected chi connectivity index (χ0v) is 11.9. The van der Waals surface area contributed by atoms with E-state index in [9.17, 15) is 8.42 Å². The minimum absolute atomic E-state index is 0.226. The molecule has 96 valence electrons. The Morgan fingerprint density at radius 1 is 1.33 bits per heavy atom. The Morgan fingerprint density at radius 2 is 2.00 bits per heavy atom. The lowest BCUT2D eigenvalue weighted by Crippen LogP contribution is -2.18. The zero-order valence-electron chi connectivity index (χ0n) is 9.54. The van der Waals surface area contributed by atoms with Gasteiger partial charge >= 0.3 is 0 Å². The van der Waals surface area contributed by atoms with Gasteiger partial charge in [0.05, 0.1) is 0 Å². The summed E-state index contributed by atoms with van der Waals surface area (Å²) in [5.74, 6) is 0.467. The van der Waals surface area contributed by atoms with Gasteiger partial charge in [0.15, 0.2) is 5.82 Å². The van der Waals surface area contributed by atoms with Gasteiger partial charge in [-0.2, -0.15) is 0 Å². The third kappa shape index (κ3) is 2.31. The van der Waals surface area contributed by atoms with Crippen molar-refractivity contribution in [3.8, 4) is 11.4 Å². The van der Waals surface area contributed by atoms with E-state index in [-0.39, 0.29) is 5.16 Å². The fraction of sp³-hybridized carbons (Fsp3) is 0.200. The van der Waals surface area contributed by atoms with Crippen LogP contribution in [0, 0.1) is 0 Å². The molecule has 0 radical (unpaired) electrons. The van der Waals surface area contributed by atoms with Crippen molar-refractivity contribution >= 4 is 26.0 Å². The summed E-state index contributed by atoms with van der Waals surface area (Å²) in [5, 5.41) is 12.4. The Kier molecular flexibility index (Phi) is 3.51. The van der Waals surface area contributed by atoms with Gasteiger partial charge in [-0.1, -0.05) is 34.1 Å². The fourth-order valence-corrected chi connectivity index (χ4v) is 2.77. The molecular formula is C10H11BrN4O2S. The second-order valence-electron chi connectivity index (χ2n) is 3.58. The van der Waals surface area contributed by atoms with Crippen LogP contribution in [0.5, 0.6) is 0 Å². The summed E-state index contributed by atoms with van der Waals surface area (Å²) in [6, 6.07) is 7.38. The summed E-state index contributed by atoms with van der Waals surface area (Å²) in [4.78, 5) is 0. The van der Waals surface area contributed by atoms with Gasteiger partial charge in [-0.3, -0.25) is 4.57 Å².